The molecule has 3 saturated heterocycles. The van der Waals surface area contributed by atoms with E-state index in [4.69, 9.17) is 11.2 Å². The molecule has 3 aliphatic rings. The van der Waals surface area contributed by atoms with Gasteiger partial charge < -0.3 is 25.0 Å². The zero-order valence-electron chi connectivity index (χ0n) is 19.5. The van der Waals surface area contributed by atoms with Crippen LogP contribution in [-0.2, 0) is 25.7 Å². The largest absolute Gasteiger partial charge is 0.481 e. The minimum Gasteiger partial charge on any atom is -0.481 e. The number of benzene rings is 1. The highest BCUT2D eigenvalue weighted by atomic mass is 16.5. The highest BCUT2D eigenvalue weighted by Gasteiger charge is 2.52. The number of hydrogen-bond donors (Lipinski definition) is 2. The van der Waals surface area contributed by atoms with Crippen LogP contribution in [0, 0.1) is 12.3 Å². The number of nitrogens with one attached hydrogen (secondary N) is 1. The number of urea groups is 1. The second-order valence-corrected chi connectivity index (χ2v) is 9.09. The Morgan fingerprint density at radius 1 is 1.23 bits per heavy atom. The van der Waals surface area contributed by atoms with Gasteiger partial charge in [0.25, 0.3) is 0 Å². The van der Waals surface area contributed by atoms with E-state index < -0.39 is 42.6 Å². The van der Waals surface area contributed by atoms with E-state index in [1.54, 1.807) is 0 Å². The minimum atomic E-state index is -1.20. The van der Waals surface area contributed by atoms with Crippen LogP contribution in [0.1, 0.15) is 37.7 Å². The third-order valence-corrected chi connectivity index (χ3v) is 6.74. The van der Waals surface area contributed by atoms with Crippen LogP contribution in [0.3, 0.4) is 0 Å². The van der Waals surface area contributed by atoms with Crippen molar-refractivity contribution in [2.75, 3.05) is 19.7 Å². The van der Waals surface area contributed by atoms with Gasteiger partial charge in [-0.2, -0.15) is 0 Å². The van der Waals surface area contributed by atoms with Gasteiger partial charge in [-0.05, 0) is 18.4 Å². The van der Waals surface area contributed by atoms with Crippen molar-refractivity contribution in [1.29, 1.82) is 0 Å². The molecule has 3 fully saturated rings. The average Bonchev–Trinajstić information content (AvgIpc) is 3.34. The van der Waals surface area contributed by atoms with E-state index in [1.165, 1.54) is 14.7 Å². The molecule has 3 aliphatic heterocycles. The van der Waals surface area contributed by atoms with Crippen LogP contribution in [0.2, 0.25) is 0 Å². The Kier molecular flexibility index (Phi) is 7.56. The number of rotatable bonds is 7. The molecule has 186 valence electrons. The van der Waals surface area contributed by atoms with Gasteiger partial charge in [-0.25, -0.2) is 4.79 Å². The van der Waals surface area contributed by atoms with Crippen LogP contribution >= 0.6 is 0 Å². The molecule has 4 atom stereocenters. The molecule has 0 aromatic heterocycles. The van der Waals surface area contributed by atoms with Gasteiger partial charge in [0.05, 0.1) is 25.1 Å². The molecular weight excluding hydrogens is 452 g/mol. The molecule has 0 aliphatic carbocycles. The highest BCUT2D eigenvalue weighted by Crippen LogP contribution is 2.32. The molecule has 10 nitrogen and oxygen atoms in total. The Hall–Kier alpha value is -3.58. The van der Waals surface area contributed by atoms with Gasteiger partial charge in [-0.1, -0.05) is 30.3 Å². The van der Waals surface area contributed by atoms with E-state index in [-0.39, 0.29) is 44.5 Å². The Morgan fingerprint density at radius 2 is 2.00 bits per heavy atom. The van der Waals surface area contributed by atoms with Crippen LogP contribution in [0.15, 0.2) is 30.3 Å². The number of aliphatic carboxylic acids is 1. The lowest BCUT2D eigenvalue weighted by atomic mass is 9.96. The smallest absolute Gasteiger partial charge is 0.319 e. The number of hydrogen-bond acceptors (Lipinski definition) is 5. The lowest BCUT2D eigenvalue weighted by molar-refractivity contribution is -0.173. The summed E-state index contributed by atoms with van der Waals surface area (Å²) in [5.41, 5.74) is 0.905. The summed E-state index contributed by atoms with van der Waals surface area (Å²) in [6.07, 6.45) is 5.81. The summed E-state index contributed by atoms with van der Waals surface area (Å²) in [7, 11) is 0. The number of amides is 4. The maximum Gasteiger partial charge on any atom is 0.319 e. The van der Waals surface area contributed by atoms with Gasteiger partial charge in [0, 0.05) is 32.5 Å². The Balaban J connectivity index is 1.62. The number of terminal acetylenes is 1. The molecule has 1 aromatic rings. The van der Waals surface area contributed by atoms with Crippen molar-refractivity contribution in [3.63, 3.8) is 0 Å². The molecule has 2 unspecified atom stereocenters. The van der Waals surface area contributed by atoms with Gasteiger partial charge in [-0.3, -0.25) is 19.3 Å². The van der Waals surface area contributed by atoms with Crippen molar-refractivity contribution in [2.24, 2.45) is 0 Å². The van der Waals surface area contributed by atoms with E-state index in [1.807, 2.05) is 30.3 Å². The molecule has 2 N–H and O–H groups in total. The fraction of sp³-hybridized carbons (Fsp3) is 0.520. The summed E-state index contributed by atoms with van der Waals surface area (Å²) in [5, 5.41) is 12.4. The van der Waals surface area contributed by atoms with Gasteiger partial charge in [0.2, 0.25) is 11.8 Å². The van der Waals surface area contributed by atoms with Gasteiger partial charge in [-0.15, -0.1) is 12.3 Å². The lowest BCUT2D eigenvalue weighted by Gasteiger charge is -2.54. The fourth-order valence-corrected chi connectivity index (χ4v) is 5.15. The SMILES string of the molecule is C#CCC1CC(=O)N2[C@H](CN(CC3CCCO3)C(=O)[C@@H]2CC(=O)O)N1C(=O)NCc1ccccc1. The fourth-order valence-electron chi connectivity index (χ4n) is 5.15. The number of carbonyl (C=O) groups is 4. The Morgan fingerprint density at radius 3 is 2.66 bits per heavy atom. The van der Waals surface area contributed by atoms with Crippen molar-refractivity contribution in [2.45, 2.75) is 63.0 Å². The monoisotopic (exact) mass is 482 g/mol. The van der Waals surface area contributed by atoms with Crippen molar-refractivity contribution in [3.8, 4) is 12.3 Å². The third-order valence-electron chi connectivity index (χ3n) is 6.74. The highest BCUT2D eigenvalue weighted by molar-refractivity contribution is 5.93. The minimum absolute atomic E-state index is 0.0698. The first kappa shape index (κ1) is 24.5. The van der Waals surface area contributed by atoms with Crippen molar-refractivity contribution in [1.82, 2.24) is 20.0 Å². The number of fused-ring (bicyclic) bond motifs is 1. The standard InChI is InChI=1S/C25H30N4O6/c1-2-7-18-12-22(30)29-20(13-23(31)32)24(33)27(15-19-10-6-11-35-19)16-21(29)28(18)25(34)26-14-17-8-4-3-5-9-17/h1,3-5,8-9,18-21H,6-7,10-16H2,(H,26,34)(H,31,32)/t18?,19?,20-,21+/m0/s1. The topological polar surface area (TPSA) is 119 Å². The quantitative estimate of drug-likeness (QED) is 0.560. The molecule has 4 amide bonds. The number of piperazine rings is 1. The number of ether oxygens (including phenoxy) is 1. The lowest BCUT2D eigenvalue weighted by Crippen LogP contribution is -2.74. The summed E-state index contributed by atoms with van der Waals surface area (Å²) in [6.45, 7) is 1.24. The van der Waals surface area contributed by atoms with E-state index in [0.717, 1.165) is 18.4 Å². The van der Waals surface area contributed by atoms with Crippen LogP contribution < -0.4 is 5.32 Å². The molecule has 0 bridgehead atoms. The number of nitrogens with zero attached hydrogens (tertiary/aromatic N) is 3. The van der Waals surface area contributed by atoms with E-state index >= 15 is 0 Å². The van der Waals surface area contributed by atoms with E-state index in [9.17, 15) is 24.3 Å². The second kappa shape index (κ2) is 10.8. The summed E-state index contributed by atoms with van der Waals surface area (Å²) >= 11 is 0. The number of carboxylic acids is 1. The normalized spacial score (nSPS) is 26.3. The van der Waals surface area contributed by atoms with Crippen LogP contribution in [0.5, 0.6) is 0 Å². The van der Waals surface area contributed by atoms with Crippen LogP contribution in [0.4, 0.5) is 4.79 Å². The first-order valence-electron chi connectivity index (χ1n) is 11.9. The van der Waals surface area contributed by atoms with Gasteiger partial charge >= 0.3 is 12.0 Å². The third kappa shape index (κ3) is 5.41. The van der Waals surface area contributed by atoms with Crippen molar-refractivity contribution >= 4 is 23.8 Å². The molecule has 1 aromatic carbocycles. The number of carbonyl (C=O) groups excluding carboxylic acids is 3. The molecule has 0 radical (unpaired) electrons. The molecule has 0 spiro atoms. The maximum absolute atomic E-state index is 13.4. The molecule has 10 heteroatoms. The first-order valence-corrected chi connectivity index (χ1v) is 11.9. The summed E-state index contributed by atoms with van der Waals surface area (Å²) < 4.78 is 5.69. The summed E-state index contributed by atoms with van der Waals surface area (Å²) in [6, 6.07) is 7.22. The van der Waals surface area contributed by atoms with E-state index in [0.29, 0.717) is 6.61 Å². The molecule has 0 saturated carbocycles. The summed E-state index contributed by atoms with van der Waals surface area (Å²) in [5.74, 6) is 0.539. The van der Waals surface area contributed by atoms with Crippen molar-refractivity contribution < 1.29 is 29.0 Å². The predicted molar refractivity (Wildman–Crippen MR) is 125 cm³/mol. The van der Waals surface area contributed by atoms with Gasteiger partial charge in [0.1, 0.15) is 12.2 Å². The molecule has 3 heterocycles. The summed E-state index contributed by atoms with van der Waals surface area (Å²) in [4.78, 5) is 55.9. The maximum atomic E-state index is 13.4. The molecule has 4 rings (SSSR count). The first-order chi connectivity index (χ1) is 16.9. The Labute approximate surface area is 204 Å². The zero-order chi connectivity index (χ0) is 24.9. The second-order valence-electron chi connectivity index (χ2n) is 9.09. The Bertz CT molecular complexity index is 1000. The zero-order valence-corrected chi connectivity index (χ0v) is 19.5. The van der Waals surface area contributed by atoms with Crippen LogP contribution in [-0.4, -0.2) is 87.7 Å². The predicted octanol–water partition coefficient (Wildman–Crippen LogP) is 1.01. The number of carboxylic acid groups (broad SMARTS) is 1. The van der Waals surface area contributed by atoms with Gasteiger partial charge in [0.15, 0.2) is 0 Å². The molecular formula is C25H30N4O6. The van der Waals surface area contributed by atoms with Crippen molar-refractivity contribution in [3.05, 3.63) is 35.9 Å². The molecule has 35 heavy (non-hydrogen) atoms. The van der Waals surface area contributed by atoms with E-state index in [2.05, 4.69) is 11.2 Å². The van der Waals surface area contributed by atoms with Crippen LogP contribution in [0.25, 0.3) is 0 Å². The average molecular weight is 483 g/mol.